The van der Waals surface area contributed by atoms with E-state index in [-0.39, 0.29) is 5.88 Å². The van der Waals surface area contributed by atoms with E-state index in [1.54, 1.807) is 19.2 Å². The average molecular weight is 181 g/mol. The van der Waals surface area contributed by atoms with E-state index in [9.17, 15) is 4.79 Å². The van der Waals surface area contributed by atoms with Gasteiger partial charge in [-0.25, -0.2) is 9.78 Å². The summed E-state index contributed by atoms with van der Waals surface area (Å²) in [5.74, 6) is 0.254. The van der Waals surface area contributed by atoms with E-state index in [4.69, 9.17) is 4.74 Å². The number of ether oxygens (including phenoxy) is 2. The van der Waals surface area contributed by atoms with Crippen LogP contribution in [0.15, 0.2) is 18.3 Å². The van der Waals surface area contributed by atoms with E-state index in [0.717, 1.165) is 5.56 Å². The molecule has 0 bridgehead atoms. The SMILES string of the molecule is CCOC(=O)Oc1ccc(C)cn1. The summed E-state index contributed by atoms with van der Waals surface area (Å²) in [4.78, 5) is 14.7. The van der Waals surface area contributed by atoms with E-state index in [2.05, 4.69) is 9.72 Å². The molecule has 0 atom stereocenters. The van der Waals surface area contributed by atoms with Gasteiger partial charge < -0.3 is 9.47 Å². The number of carbonyl (C=O) groups is 1. The van der Waals surface area contributed by atoms with E-state index in [0.29, 0.717) is 6.61 Å². The van der Waals surface area contributed by atoms with Crippen LogP contribution in [0.3, 0.4) is 0 Å². The van der Waals surface area contributed by atoms with Crippen LogP contribution < -0.4 is 4.74 Å². The topological polar surface area (TPSA) is 48.4 Å². The first-order valence-corrected chi connectivity index (χ1v) is 3.99. The van der Waals surface area contributed by atoms with Gasteiger partial charge in [0.25, 0.3) is 0 Å². The van der Waals surface area contributed by atoms with Crippen LogP contribution >= 0.6 is 0 Å². The van der Waals surface area contributed by atoms with Crippen LogP contribution in [0.5, 0.6) is 5.88 Å². The molecular formula is C9H11NO3. The molecule has 0 amide bonds. The molecule has 0 fully saturated rings. The predicted molar refractivity (Wildman–Crippen MR) is 46.6 cm³/mol. The maximum Gasteiger partial charge on any atom is 0.515 e. The Bertz CT molecular complexity index is 281. The van der Waals surface area contributed by atoms with Gasteiger partial charge >= 0.3 is 6.16 Å². The second-order valence-corrected chi connectivity index (χ2v) is 2.46. The molecule has 0 radical (unpaired) electrons. The highest BCUT2D eigenvalue weighted by molar-refractivity contribution is 5.62. The lowest BCUT2D eigenvalue weighted by molar-refractivity contribution is 0.102. The first-order chi connectivity index (χ1) is 6.22. The zero-order valence-electron chi connectivity index (χ0n) is 7.61. The lowest BCUT2D eigenvalue weighted by Crippen LogP contribution is -2.10. The molecule has 4 heteroatoms. The van der Waals surface area contributed by atoms with Crippen molar-refractivity contribution >= 4 is 6.16 Å². The highest BCUT2D eigenvalue weighted by Gasteiger charge is 2.04. The van der Waals surface area contributed by atoms with E-state index in [1.165, 1.54) is 0 Å². The van der Waals surface area contributed by atoms with Gasteiger partial charge in [0.15, 0.2) is 0 Å². The zero-order chi connectivity index (χ0) is 9.68. The molecule has 0 unspecified atom stereocenters. The molecule has 0 N–H and O–H groups in total. The van der Waals surface area contributed by atoms with Gasteiger partial charge in [0.2, 0.25) is 5.88 Å². The van der Waals surface area contributed by atoms with Crippen molar-refractivity contribution in [3.8, 4) is 5.88 Å². The lowest BCUT2D eigenvalue weighted by atomic mass is 10.3. The largest absolute Gasteiger partial charge is 0.515 e. The van der Waals surface area contributed by atoms with Crippen LogP contribution in [0.25, 0.3) is 0 Å². The van der Waals surface area contributed by atoms with Crippen LogP contribution in [-0.2, 0) is 4.74 Å². The number of pyridine rings is 1. The number of nitrogens with zero attached hydrogens (tertiary/aromatic N) is 1. The summed E-state index contributed by atoms with van der Waals surface area (Å²) in [5, 5.41) is 0. The third-order valence-electron chi connectivity index (χ3n) is 1.33. The molecule has 1 aromatic heterocycles. The molecule has 0 aliphatic rings. The molecule has 0 saturated carbocycles. The lowest BCUT2D eigenvalue weighted by Gasteiger charge is -2.02. The highest BCUT2D eigenvalue weighted by Crippen LogP contribution is 2.07. The number of rotatable bonds is 2. The van der Waals surface area contributed by atoms with E-state index in [1.807, 2.05) is 13.0 Å². The van der Waals surface area contributed by atoms with Crippen LogP contribution in [0.4, 0.5) is 4.79 Å². The first-order valence-electron chi connectivity index (χ1n) is 3.99. The summed E-state index contributed by atoms with van der Waals surface area (Å²) in [7, 11) is 0. The summed E-state index contributed by atoms with van der Waals surface area (Å²) < 4.78 is 9.31. The molecule has 0 saturated heterocycles. The second kappa shape index (κ2) is 4.45. The van der Waals surface area contributed by atoms with Crippen LogP contribution in [0, 0.1) is 6.92 Å². The van der Waals surface area contributed by atoms with Crippen molar-refractivity contribution in [3.63, 3.8) is 0 Å². The van der Waals surface area contributed by atoms with E-state index < -0.39 is 6.16 Å². The Morgan fingerprint density at radius 1 is 1.54 bits per heavy atom. The van der Waals surface area contributed by atoms with Crippen molar-refractivity contribution in [1.29, 1.82) is 0 Å². The van der Waals surface area contributed by atoms with Gasteiger partial charge in [-0.3, -0.25) is 0 Å². The Morgan fingerprint density at radius 3 is 2.85 bits per heavy atom. The van der Waals surface area contributed by atoms with Gasteiger partial charge in [-0.1, -0.05) is 6.07 Å². The van der Waals surface area contributed by atoms with Gasteiger partial charge in [-0.2, -0.15) is 0 Å². The molecule has 0 spiro atoms. The minimum Gasteiger partial charge on any atom is -0.434 e. The summed E-state index contributed by atoms with van der Waals surface area (Å²) in [6.45, 7) is 3.91. The highest BCUT2D eigenvalue weighted by atomic mass is 16.7. The van der Waals surface area contributed by atoms with Crippen molar-refractivity contribution in [1.82, 2.24) is 4.98 Å². The number of aromatic nitrogens is 1. The van der Waals surface area contributed by atoms with E-state index >= 15 is 0 Å². The Balaban J connectivity index is 2.54. The molecular weight excluding hydrogens is 170 g/mol. The monoisotopic (exact) mass is 181 g/mol. The fraction of sp³-hybridized carbons (Fsp3) is 0.333. The minimum absolute atomic E-state index is 0.254. The summed E-state index contributed by atoms with van der Waals surface area (Å²) in [5.41, 5.74) is 1.01. The molecule has 1 aromatic rings. The smallest absolute Gasteiger partial charge is 0.434 e. The molecule has 0 aliphatic heterocycles. The van der Waals surface area contributed by atoms with Crippen LogP contribution in [0.1, 0.15) is 12.5 Å². The minimum atomic E-state index is -0.723. The zero-order valence-corrected chi connectivity index (χ0v) is 7.61. The Morgan fingerprint density at radius 2 is 2.31 bits per heavy atom. The number of hydrogen-bond donors (Lipinski definition) is 0. The quantitative estimate of drug-likeness (QED) is 0.654. The molecule has 0 aromatic carbocycles. The van der Waals surface area contributed by atoms with Gasteiger partial charge in [-0.05, 0) is 19.4 Å². The van der Waals surface area contributed by atoms with Gasteiger partial charge in [-0.15, -0.1) is 0 Å². The van der Waals surface area contributed by atoms with Gasteiger partial charge in [0, 0.05) is 12.3 Å². The Hall–Kier alpha value is -1.58. The molecule has 0 aliphatic carbocycles. The summed E-state index contributed by atoms with van der Waals surface area (Å²) in [6.07, 6.45) is 0.896. The van der Waals surface area contributed by atoms with Crippen molar-refractivity contribution < 1.29 is 14.3 Å². The molecule has 1 rings (SSSR count). The maximum absolute atomic E-state index is 10.8. The summed E-state index contributed by atoms with van der Waals surface area (Å²) in [6, 6.07) is 3.42. The Kier molecular flexibility index (Phi) is 3.25. The van der Waals surface area contributed by atoms with Crippen LogP contribution in [0.2, 0.25) is 0 Å². The van der Waals surface area contributed by atoms with Crippen molar-refractivity contribution in [2.45, 2.75) is 13.8 Å². The fourth-order valence-corrected chi connectivity index (χ4v) is 0.747. The Labute approximate surface area is 76.5 Å². The third kappa shape index (κ3) is 3.11. The first kappa shape index (κ1) is 9.51. The van der Waals surface area contributed by atoms with Gasteiger partial charge in [0.1, 0.15) is 0 Å². The fourth-order valence-electron chi connectivity index (χ4n) is 0.747. The molecule has 4 nitrogen and oxygen atoms in total. The molecule has 1 heterocycles. The van der Waals surface area contributed by atoms with Crippen LogP contribution in [-0.4, -0.2) is 17.7 Å². The number of carbonyl (C=O) groups excluding carboxylic acids is 1. The third-order valence-corrected chi connectivity index (χ3v) is 1.33. The average Bonchev–Trinajstić information content (AvgIpc) is 2.09. The second-order valence-electron chi connectivity index (χ2n) is 2.46. The summed E-state index contributed by atoms with van der Waals surface area (Å²) >= 11 is 0. The normalized spacial score (nSPS) is 9.38. The standard InChI is InChI=1S/C9H11NO3/c1-3-12-9(11)13-8-5-4-7(2)6-10-8/h4-6H,3H2,1-2H3. The number of hydrogen-bond acceptors (Lipinski definition) is 4. The van der Waals surface area contributed by atoms with Gasteiger partial charge in [0.05, 0.1) is 6.61 Å². The van der Waals surface area contributed by atoms with Crippen molar-refractivity contribution in [2.75, 3.05) is 6.61 Å². The van der Waals surface area contributed by atoms with Crippen molar-refractivity contribution in [3.05, 3.63) is 23.9 Å². The number of aryl methyl sites for hydroxylation is 1. The molecule has 70 valence electrons. The maximum atomic E-state index is 10.8. The molecule has 13 heavy (non-hydrogen) atoms. The predicted octanol–water partition coefficient (Wildman–Crippen LogP) is 1.93. The van der Waals surface area contributed by atoms with Crippen molar-refractivity contribution in [2.24, 2.45) is 0 Å².